The van der Waals surface area contributed by atoms with E-state index in [0.717, 1.165) is 71.2 Å². The first-order chi connectivity index (χ1) is 23.9. The number of carbonyl (C=O) groups excluding carboxylic acids is 1. The minimum atomic E-state index is -0.941. The molecule has 4 heterocycles. The van der Waals surface area contributed by atoms with Gasteiger partial charge in [-0.05, 0) is 79.4 Å². The molecule has 1 amide bonds. The Hall–Kier alpha value is -4.76. The molecule has 3 aliphatic rings. The van der Waals surface area contributed by atoms with Gasteiger partial charge in [0.05, 0.1) is 34.7 Å². The molecule has 2 fully saturated rings. The number of fused-ring (bicyclic) bond motifs is 7. The molecule has 5 aromatic rings. The summed E-state index contributed by atoms with van der Waals surface area (Å²) in [6.07, 6.45) is 5.75. The standard InChI is InChI=1S/C40H42FN5O3/c1-2-43-18-20-44(21-19-43)36(47)25-45-22-23-46-35-24-27(40(48)49)12-13-30(35)37(26-8-4-3-5-9-26)39(46)31-15-17-34-29(38(31)45)14-16-33(42-34)28-10-6-7-11-32(28)41/h6-7,10-17,24,26H,2-5,8-9,18-23,25H2,1H3,(H,48,49). The van der Waals surface area contributed by atoms with Crippen molar-refractivity contribution in [3.05, 3.63) is 83.7 Å². The van der Waals surface area contributed by atoms with Crippen LogP contribution in [0.2, 0.25) is 0 Å². The van der Waals surface area contributed by atoms with Crippen LogP contribution in [-0.4, -0.2) is 82.1 Å². The molecular formula is C40H42FN5O3. The van der Waals surface area contributed by atoms with Crippen molar-refractivity contribution in [3.63, 3.8) is 0 Å². The zero-order valence-corrected chi connectivity index (χ0v) is 28.0. The molecule has 0 spiro atoms. The number of piperazine rings is 1. The van der Waals surface area contributed by atoms with Crippen molar-refractivity contribution in [3.8, 4) is 22.5 Å². The molecule has 9 heteroatoms. The summed E-state index contributed by atoms with van der Waals surface area (Å²) in [7, 11) is 0. The van der Waals surface area contributed by atoms with Gasteiger partial charge >= 0.3 is 5.97 Å². The van der Waals surface area contributed by atoms with Crippen LogP contribution in [-0.2, 0) is 11.3 Å². The molecule has 252 valence electrons. The number of benzene rings is 3. The van der Waals surface area contributed by atoms with Gasteiger partial charge in [0.1, 0.15) is 5.82 Å². The molecule has 8 rings (SSSR count). The van der Waals surface area contributed by atoms with Crippen LogP contribution in [0.25, 0.3) is 44.3 Å². The highest BCUT2D eigenvalue weighted by atomic mass is 19.1. The van der Waals surface area contributed by atoms with Crippen LogP contribution in [0.4, 0.5) is 10.1 Å². The maximum Gasteiger partial charge on any atom is 0.335 e. The second kappa shape index (κ2) is 12.9. The van der Waals surface area contributed by atoms with Gasteiger partial charge in [-0.1, -0.05) is 44.4 Å². The molecule has 0 radical (unpaired) electrons. The van der Waals surface area contributed by atoms with Gasteiger partial charge in [-0.15, -0.1) is 0 Å². The number of carboxylic acid groups (broad SMARTS) is 1. The summed E-state index contributed by atoms with van der Waals surface area (Å²) < 4.78 is 17.2. The number of anilines is 1. The Morgan fingerprint density at radius 2 is 1.63 bits per heavy atom. The fraction of sp³-hybridized carbons (Fsp3) is 0.375. The van der Waals surface area contributed by atoms with Gasteiger partial charge in [0.25, 0.3) is 0 Å². The molecule has 8 nitrogen and oxygen atoms in total. The Labute approximate surface area is 285 Å². The van der Waals surface area contributed by atoms with E-state index in [2.05, 4.69) is 27.4 Å². The van der Waals surface area contributed by atoms with Gasteiger partial charge in [-0.2, -0.15) is 0 Å². The van der Waals surface area contributed by atoms with Crippen LogP contribution in [0, 0.1) is 5.82 Å². The lowest BCUT2D eigenvalue weighted by Gasteiger charge is -2.36. The third-order valence-corrected chi connectivity index (χ3v) is 11.0. The van der Waals surface area contributed by atoms with E-state index in [-0.39, 0.29) is 23.8 Å². The van der Waals surface area contributed by atoms with E-state index >= 15 is 0 Å². The van der Waals surface area contributed by atoms with Gasteiger partial charge in [0, 0.05) is 66.7 Å². The molecule has 3 aromatic carbocycles. The lowest BCUT2D eigenvalue weighted by Crippen LogP contribution is -2.51. The number of hydrogen-bond donors (Lipinski definition) is 1. The van der Waals surface area contributed by atoms with Crippen molar-refractivity contribution >= 4 is 39.4 Å². The van der Waals surface area contributed by atoms with Crippen LogP contribution < -0.4 is 4.90 Å². The van der Waals surface area contributed by atoms with Crippen LogP contribution in [0.1, 0.15) is 60.9 Å². The van der Waals surface area contributed by atoms with Crippen molar-refractivity contribution in [2.75, 3.05) is 50.7 Å². The highest BCUT2D eigenvalue weighted by molar-refractivity contribution is 6.06. The minimum absolute atomic E-state index is 0.103. The highest BCUT2D eigenvalue weighted by Crippen LogP contribution is 2.49. The Morgan fingerprint density at radius 3 is 2.39 bits per heavy atom. The molecule has 0 unspecified atom stereocenters. The number of carboxylic acids is 1. The zero-order chi connectivity index (χ0) is 33.6. The Balaban J connectivity index is 1.32. The first-order valence-electron chi connectivity index (χ1n) is 17.7. The first-order valence-corrected chi connectivity index (χ1v) is 17.7. The van der Waals surface area contributed by atoms with E-state index in [1.54, 1.807) is 18.2 Å². The molecule has 1 saturated heterocycles. The third-order valence-electron chi connectivity index (χ3n) is 11.0. The number of aromatic nitrogens is 2. The molecule has 1 aliphatic carbocycles. The number of hydrogen-bond acceptors (Lipinski definition) is 5. The van der Waals surface area contributed by atoms with Crippen molar-refractivity contribution in [2.24, 2.45) is 0 Å². The summed E-state index contributed by atoms with van der Waals surface area (Å²) in [5.41, 5.74) is 7.35. The SMILES string of the molecule is CCN1CCN(C(=O)CN2CCn3c(c(C4CCCCC4)c4ccc(C(=O)O)cc43)-c3ccc4nc(-c5ccccc5F)ccc4c32)CC1. The number of pyridine rings is 1. The number of halogens is 1. The van der Waals surface area contributed by atoms with Crippen LogP contribution >= 0.6 is 0 Å². The lowest BCUT2D eigenvalue weighted by atomic mass is 9.81. The summed E-state index contributed by atoms with van der Waals surface area (Å²) in [6.45, 7) is 7.72. The first kappa shape index (κ1) is 31.5. The zero-order valence-electron chi connectivity index (χ0n) is 28.0. The fourth-order valence-electron chi connectivity index (χ4n) is 8.44. The molecule has 1 saturated carbocycles. The van der Waals surface area contributed by atoms with E-state index in [1.807, 2.05) is 41.3 Å². The number of nitrogens with zero attached hydrogens (tertiary/aromatic N) is 5. The van der Waals surface area contributed by atoms with Gasteiger partial charge in [0.15, 0.2) is 0 Å². The minimum Gasteiger partial charge on any atom is -0.478 e. The number of amides is 1. The van der Waals surface area contributed by atoms with Gasteiger partial charge in [-0.3, -0.25) is 4.79 Å². The summed E-state index contributed by atoms with van der Waals surface area (Å²) in [5.74, 6) is -0.797. The monoisotopic (exact) mass is 659 g/mol. The van der Waals surface area contributed by atoms with Crippen LogP contribution in [0.15, 0.2) is 66.7 Å². The van der Waals surface area contributed by atoms with E-state index in [0.29, 0.717) is 43.4 Å². The molecule has 0 atom stereocenters. The van der Waals surface area contributed by atoms with E-state index < -0.39 is 5.97 Å². The summed E-state index contributed by atoms with van der Waals surface area (Å²) in [4.78, 5) is 37.7. The van der Waals surface area contributed by atoms with Gasteiger partial charge in [0.2, 0.25) is 5.91 Å². The average Bonchev–Trinajstić information content (AvgIpc) is 3.37. The summed E-state index contributed by atoms with van der Waals surface area (Å²) >= 11 is 0. The second-order valence-electron chi connectivity index (χ2n) is 13.7. The van der Waals surface area contributed by atoms with Crippen molar-refractivity contribution in [1.82, 2.24) is 19.4 Å². The van der Waals surface area contributed by atoms with E-state index in [4.69, 9.17) is 4.98 Å². The summed E-state index contributed by atoms with van der Waals surface area (Å²) in [6, 6.07) is 20.3. The number of aromatic carboxylic acids is 1. The third kappa shape index (κ3) is 5.63. The van der Waals surface area contributed by atoms with Crippen molar-refractivity contribution < 1.29 is 19.1 Å². The van der Waals surface area contributed by atoms with Crippen molar-refractivity contribution in [1.29, 1.82) is 0 Å². The van der Waals surface area contributed by atoms with Crippen LogP contribution in [0.3, 0.4) is 0 Å². The van der Waals surface area contributed by atoms with E-state index in [9.17, 15) is 19.1 Å². The normalized spacial score (nSPS) is 17.3. The maximum absolute atomic E-state index is 14.9. The van der Waals surface area contributed by atoms with Crippen LogP contribution in [0.5, 0.6) is 0 Å². The molecule has 2 aliphatic heterocycles. The van der Waals surface area contributed by atoms with Crippen molar-refractivity contribution in [2.45, 2.75) is 51.5 Å². The largest absolute Gasteiger partial charge is 0.478 e. The van der Waals surface area contributed by atoms with Gasteiger partial charge < -0.3 is 24.4 Å². The number of rotatable bonds is 6. The summed E-state index contributed by atoms with van der Waals surface area (Å²) in [5, 5.41) is 12.0. The van der Waals surface area contributed by atoms with E-state index in [1.165, 1.54) is 30.9 Å². The Morgan fingerprint density at radius 1 is 0.857 bits per heavy atom. The molecule has 2 aromatic heterocycles. The maximum atomic E-state index is 14.9. The fourth-order valence-corrected chi connectivity index (χ4v) is 8.44. The topological polar surface area (TPSA) is 81.9 Å². The molecular weight excluding hydrogens is 617 g/mol. The predicted molar refractivity (Wildman–Crippen MR) is 192 cm³/mol. The molecule has 49 heavy (non-hydrogen) atoms. The average molecular weight is 660 g/mol. The quantitative estimate of drug-likeness (QED) is 0.205. The Kier molecular flexibility index (Phi) is 8.31. The molecule has 1 N–H and O–H groups in total. The Bertz CT molecular complexity index is 2080. The smallest absolute Gasteiger partial charge is 0.335 e. The molecule has 0 bridgehead atoms. The van der Waals surface area contributed by atoms with Gasteiger partial charge in [-0.25, -0.2) is 14.2 Å². The number of carbonyl (C=O) groups is 2. The number of likely N-dealkylation sites (N-methyl/N-ethyl adjacent to an activating group) is 1. The highest BCUT2D eigenvalue weighted by Gasteiger charge is 2.33. The predicted octanol–water partition coefficient (Wildman–Crippen LogP) is 7.39. The second-order valence-corrected chi connectivity index (χ2v) is 13.7. The lowest BCUT2D eigenvalue weighted by molar-refractivity contribution is -0.131.